The first kappa shape index (κ1) is 49.4. The maximum Gasteiger partial charge on any atom is 0.306 e. The topological polar surface area (TPSA) is 55.8 Å². The zero-order chi connectivity index (χ0) is 37.5. The molecule has 0 aromatic carbocycles. The molecule has 0 aromatic heterocycles. The standard InChI is InChI=1S/C46H87NO4/c1-6-9-12-15-18-19-20-21-22-23-24-25-26-27-30-33-37-44(51-45(48)38-34-40-47(4)5)39-41-50-46(49)42-43(35-31-28-16-13-10-7-2)36-32-29-17-14-11-8-3/h18-19,21-22,43-44H,6-17,20,23-42H2,1-5H3/b19-18-,22-21-. The molecule has 0 spiro atoms. The monoisotopic (exact) mass is 718 g/mol. The zero-order valence-corrected chi connectivity index (χ0v) is 34.9. The molecule has 0 radical (unpaired) electrons. The van der Waals surface area contributed by atoms with Crippen molar-refractivity contribution < 1.29 is 19.1 Å². The molecule has 51 heavy (non-hydrogen) atoms. The van der Waals surface area contributed by atoms with Crippen molar-refractivity contribution in [1.82, 2.24) is 4.90 Å². The summed E-state index contributed by atoms with van der Waals surface area (Å²) in [5, 5.41) is 0. The largest absolute Gasteiger partial charge is 0.466 e. The van der Waals surface area contributed by atoms with Crippen molar-refractivity contribution in [3.63, 3.8) is 0 Å². The van der Waals surface area contributed by atoms with Gasteiger partial charge in [-0.1, -0.05) is 161 Å². The fourth-order valence-electron chi connectivity index (χ4n) is 6.78. The zero-order valence-electron chi connectivity index (χ0n) is 34.9. The van der Waals surface area contributed by atoms with Crippen LogP contribution >= 0.6 is 0 Å². The van der Waals surface area contributed by atoms with Crippen molar-refractivity contribution in [2.75, 3.05) is 27.2 Å². The Morgan fingerprint density at radius 2 is 1.00 bits per heavy atom. The van der Waals surface area contributed by atoms with E-state index in [9.17, 15) is 9.59 Å². The van der Waals surface area contributed by atoms with Gasteiger partial charge in [-0.25, -0.2) is 0 Å². The molecule has 0 heterocycles. The second kappa shape index (κ2) is 39.6. The molecule has 300 valence electrons. The van der Waals surface area contributed by atoms with Crippen LogP contribution in [-0.4, -0.2) is 50.2 Å². The molecule has 0 aromatic rings. The lowest BCUT2D eigenvalue weighted by molar-refractivity contribution is -0.152. The number of carbonyl (C=O) groups is 2. The van der Waals surface area contributed by atoms with E-state index in [4.69, 9.17) is 9.47 Å². The summed E-state index contributed by atoms with van der Waals surface area (Å²) in [5.41, 5.74) is 0. The summed E-state index contributed by atoms with van der Waals surface area (Å²) in [6.45, 7) is 8.00. The molecule has 0 amide bonds. The Balaban J connectivity index is 4.58. The van der Waals surface area contributed by atoms with Gasteiger partial charge in [0.25, 0.3) is 0 Å². The Kier molecular flexibility index (Phi) is 38.3. The van der Waals surface area contributed by atoms with Gasteiger partial charge in [-0.05, 0) is 90.8 Å². The molecule has 0 fully saturated rings. The van der Waals surface area contributed by atoms with Crippen molar-refractivity contribution in [3.05, 3.63) is 24.3 Å². The Hall–Kier alpha value is -1.62. The molecule has 0 rings (SSSR count). The van der Waals surface area contributed by atoms with Crippen LogP contribution in [0.5, 0.6) is 0 Å². The lowest BCUT2D eigenvalue weighted by Gasteiger charge is -2.20. The summed E-state index contributed by atoms with van der Waals surface area (Å²) in [7, 11) is 4.06. The Morgan fingerprint density at radius 3 is 1.55 bits per heavy atom. The minimum atomic E-state index is -0.169. The van der Waals surface area contributed by atoms with Gasteiger partial charge < -0.3 is 14.4 Å². The summed E-state index contributed by atoms with van der Waals surface area (Å²) in [4.78, 5) is 27.7. The van der Waals surface area contributed by atoms with E-state index < -0.39 is 0 Å². The van der Waals surface area contributed by atoms with Gasteiger partial charge in [-0.2, -0.15) is 0 Å². The lowest BCUT2D eigenvalue weighted by atomic mass is 9.91. The fraction of sp³-hybridized carbons (Fsp3) is 0.870. The first-order chi connectivity index (χ1) is 24.9. The van der Waals surface area contributed by atoms with Gasteiger partial charge in [-0.15, -0.1) is 0 Å². The summed E-state index contributed by atoms with van der Waals surface area (Å²) in [6, 6.07) is 0. The van der Waals surface area contributed by atoms with E-state index in [1.807, 2.05) is 14.1 Å². The van der Waals surface area contributed by atoms with Crippen molar-refractivity contribution in [2.45, 2.75) is 226 Å². The number of ether oxygens (including phenoxy) is 2. The maximum atomic E-state index is 13.0. The highest BCUT2D eigenvalue weighted by molar-refractivity contribution is 5.70. The Labute approximate surface area is 318 Å². The fourth-order valence-corrected chi connectivity index (χ4v) is 6.78. The molecular weight excluding hydrogens is 631 g/mol. The first-order valence-corrected chi connectivity index (χ1v) is 22.2. The van der Waals surface area contributed by atoms with Crippen molar-refractivity contribution >= 4 is 11.9 Å². The van der Waals surface area contributed by atoms with E-state index >= 15 is 0 Å². The lowest BCUT2D eigenvalue weighted by Crippen LogP contribution is -2.22. The maximum absolute atomic E-state index is 13.0. The van der Waals surface area contributed by atoms with Crippen LogP contribution in [0.25, 0.3) is 0 Å². The van der Waals surface area contributed by atoms with Gasteiger partial charge in [0.05, 0.1) is 6.61 Å². The van der Waals surface area contributed by atoms with Crippen molar-refractivity contribution in [2.24, 2.45) is 5.92 Å². The van der Waals surface area contributed by atoms with Gasteiger partial charge in [0.15, 0.2) is 0 Å². The van der Waals surface area contributed by atoms with Crippen LogP contribution in [0.3, 0.4) is 0 Å². The quantitative estimate of drug-likeness (QED) is 0.0360. The highest BCUT2D eigenvalue weighted by atomic mass is 16.6. The van der Waals surface area contributed by atoms with E-state index in [0.29, 0.717) is 31.8 Å². The first-order valence-electron chi connectivity index (χ1n) is 22.2. The molecule has 0 aliphatic carbocycles. The highest BCUT2D eigenvalue weighted by Crippen LogP contribution is 2.23. The molecule has 0 bridgehead atoms. The number of hydrogen-bond donors (Lipinski definition) is 0. The molecule has 5 nitrogen and oxygen atoms in total. The van der Waals surface area contributed by atoms with Gasteiger partial charge in [0.2, 0.25) is 0 Å². The van der Waals surface area contributed by atoms with Crippen LogP contribution in [0.1, 0.15) is 220 Å². The summed E-state index contributed by atoms with van der Waals surface area (Å²) < 4.78 is 11.7. The molecule has 0 aliphatic rings. The molecule has 0 N–H and O–H groups in total. The van der Waals surface area contributed by atoms with E-state index in [1.54, 1.807) is 0 Å². The van der Waals surface area contributed by atoms with Gasteiger partial charge in [-0.3, -0.25) is 9.59 Å². The summed E-state index contributed by atoms with van der Waals surface area (Å²) in [6.07, 6.45) is 44.7. The van der Waals surface area contributed by atoms with Crippen molar-refractivity contribution in [3.8, 4) is 0 Å². The van der Waals surface area contributed by atoms with Gasteiger partial charge in [0.1, 0.15) is 6.10 Å². The van der Waals surface area contributed by atoms with Crippen LogP contribution in [0.4, 0.5) is 0 Å². The van der Waals surface area contributed by atoms with E-state index in [2.05, 4.69) is 50.0 Å². The van der Waals surface area contributed by atoms with Crippen LogP contribution in [-0.2, 0) is 19.1 Å². The van der Waals surface area contributed by atoms with Gasteiger partial charge in [0, 0.05) is 19.3 Å². The second-order valence-electron chi connectivity index (χ2n) is 15.6. The summed E-state index contributed by atoms with van der Waals surface area (Å²) in [5.74, 6) is 0.242. The van der Waals surface area contributed by atoms with Crippen LogP contribution in [0.15, 0.2) is 24.3 Å². The molecule has 1 unspecified atom stereocenters. The number of unbranched alkanes of at least 4 members (excludes halogenated alkanes) is 19. The van der Waals surface area contributed by atoms with Gasteiger partial charge >= 0.3 is 11.9 Å². The molecule has 0 saturated carbocycles. The Morgan fingerprint density at radius 1 is 0.529 bits per heavy atom. The molecule has 0 aliphatic heterocycles. The average molecular weight is 718 g/mol. The normalized spacial score (nSPS) is 12.5. The number of hydrogen-bond acceptors (Lipinski definition) is 5. The number of nitrogens with zero attached hydrogens (tertiary/aromatic N) is 1. The predicted molar refractivity (Wildman–Crippen MR) is 221 cm³/mol. The summed E-state index contributed by atoms with van der Waals surface area (Å²) >= 11 is 0. The van der Waals surface area contributed by atoms with Crippen LogP contribution in [0, 0.1) is 5.92 Å². The average Bonchev–Trinajstić information content (AvgIpc) is 3.10. The second-order valence-corrected chi connectivity index (χ2v) is 15.6. The third-order valence-electron chi connectivity index (χ3n) is 10.1. The minimum Gasteiger partial charge on any atom is -0.466 e. The predicted octanol–water partition coefficient (Wildman–Crippen LogP) is 13.9. The SMILES string of the molecule is CCCCC/C=C\C/C=C\CCCCCCCCC(CCOC(=O)CC(CCCCCCCC)CCCCCCCC)OC(=O)CCCN(C)C. The molecule has 0 saturated heterocycles. The van der Waals surface area contributed by atoms with E-state index in [0.717, 1.165) is 51.5 Å². The third-order valence-corrected chi connectivity index (χ3v) is 10.1. The third kappa shape index (κ3) is 37.9. The smallest absolute Gasteiger partial charge is 0.306 e. The number of rotatable bonds is 39. The molecule has 5 heteroatoms. The number of allylic oxidation sites excluding steroid dienone is 4. The van der Waals surface area contributed by atoms with E-state index in [-0.39, 0.29) is 18.0 Å². The number of esters is 2. The van der Waals surface area contributed by atoms with E-state index in [1.165, 1.54) is 135 Å². The molecular formula is C46H87NO4. The Bertz CT molecular complexity index is 791. The minimum absolute atomic E-state index is 0.0678. The molecule has 1 atom stereocenters. The van der Waals surface area contributed by atoms with Crippen molar-refractivity contribution in [1.29, 1.82) is 0 Å². The highest BCUT2D eigenvalue weighted by Gasteiger charge is 2.18. The number of carbonyl (C=O) groups excluding carboxylic acids is 2. The van der Waals surface area contributed by atoms with Crippen LogP contribution in [0.2, 0.25) is 0 Å². The van der Waals surface area contributed by atoms with Crippen LogP contribution < -0.4 is 0 Å².